The van der Waals surface area contributed by atoms with Gasteiger partial charge in [-0.05, 0) is 35.4 Å². The zero-order chi connectivity index (χ0) is 18.5. The summed E-state index contributed by atoms with van der Waals surface area (Å²) in [6, 6.07) is 25.7. The molecule has 0 N–H and O–H groups in total. The molecule has 0 saturated heterocycles. The normalized spacial score (nSPS) is 10.9. The molecule has 1 heterocycles. The molecule has 3 aromatic carbocycles. The number of oxazole rings is 1. The minimum absolute atomic E-state index is 0.00992. The minimum atomic E-state index is 0.00992. The molecule has 4 rings (SSSR count). The van der Waals surface area contributed by atoms with Crippen LogP contribution in [0.3, 0.4) is 0 Å². The number of rotatable bonds is 5. The van der Waals surface area contributed by atoms with Gasteiger partial charge in [0.1, 0.15) is 17.3 Å². The molecule has 0 saturated carbocycles. The minimum Gasteiger partial charge on any atom is -0.478 e. The van der Waals surface area contributed by atoms with Crippen LogP contribution in [0.5, 0.6) is 5.75 Å². The Morgan fingerprint density at radius 3 is 2.59 bits per heavy atom. The Bertz CT molecular complexity index is 1140. The van der Waals surface area contributed by atoms with Gasteiger partial charge in [-0.1, -0.05) is 54.6 Å². The van der Waals surface area contributed by atoms with E-state index in [0.717, 1.165) is 27.8 Å². The second-order valence-electron chi connectivity index (χ2n) is 5.92. The Balaban J connectivity index is 1.62. The maximum absolute atomic E-state index is 8.69. The summed E-state index contributed by atoms with van der Waals surface area (Å²) in [6.45, 7) is 0.00992. The van der Waals surface area contributed by atoms with Crippen molar-refractivity contribution in [3.8, 4) is 22.9 Å². The lowest BCUT2D eigenvalue weighted by Gasteiger charge is -2.04. The standard InChI is InChI=1S/C23H16N2O2/c24-14-15-26-21-9-5-4-8-18(21)11-13-23-25-20-16-19(10-12-22(20)27-23)17-6-2-1-3-7-17/h1-13,16H,15H2/b13-11+. The molecule has 27 heavy (non-hydrogen) atoms. The van der Waals surface area contributed by atoms with Crippen LogP contribution in [0.1, 0.15) is 11.5 Å². The summed E-state index contributed by atoms with van der Waals surface area (Å²) in [5, 5.41) is 8.69. The molecule has 0 radical (unpaired) electrons. The van der Waals surface area contributed by atoms with Crippen molar-refractivity contribution in [2.24, 2.45) is 0 Å². The van der Waals surface area contributed by atoms with E-state index in [9.17, 15) is 0 Å². The lowest BCUT2D eigenvalue weighted by atomic mass is 10.1. The first kappa shape index (κ1) is 16.6. The van der Waals surface area contributed by atoms with E-state index in [1.807, 2.05) is 72.8 Å². The summed E-state index contributed by atoms with van der Waals surface area (Å²) in [5.74, 6) is 1.17. The summed E-state index contributed by atoms with van der Waals surface area (Å²) < 4.78 is 11.2. The molecule has 4 heteroatoms. The Morgan fingerprint density at radius 1 is 0.926 bits per heavy atom. The maximum atomic E-state index is 8.69. The average Bonchev–Trinajstić information content (AvgIpc) is 3.14. The van der Waals surface area contributed by atoms with Gasteiger partial charge in [0.05, 0.1) is 0 Å². The third kappa shape index (κ3) is 3.73. The van der Waals surface area contributed by atoms with E-state index >= 15 is 0 Å². The summed E-state index contributed by atoms with van der Waals surface area (Å²) in [5.41, 5.74) is 4.65. The van der Waals surface area contributed by atoms with E-state index in [4.69, 9.17) is 14.4 Å². The van der Waals surface area contributed by atoms with Gasteiger partial charge in [-0.3, -0.25) is 0 Å². The summed E-state index contributed by atoms with van der Waals surface area (Å²) in [7, 11) is 0. The summed E-state index contributed by atoms with van der Waals surface area (Å²) in [6.07, 6.45) is 3.67. The van der Waals surface area contributed by atoms with Gasteiger partial charge in [0.2, 0.25) is 5.89 Å². The zero-order valence-corrected chi connectivity index (χ0v) is 14.5. The Labute approximate surface area is 157 Å². The third-order valence-corrected chi connectivity index (χ3v) is 4.13. The lowest BCUT2D eigenvalue weighted by molar-refractivity contribution is 0.367. The highest BCUT2D eigenvalue weighted by Crippen LogP contribution is 2.26. The van der Waals surface area contributed by atoms with Crippen LogP contribution in [-0.2, 0) is 0 Å². The molecule has 4 nitrogen and oxygen atoms in total. The predicted octanol–water partition coefficient (Wildman–Crippen LogP) is 5.57. The number of nitriles is 1. The van der Waals surface area contributed by atoms with E-state index in [2.05, 4.69) is 17.1 Å². The van der Waals surface area contributed by atoms with Crippen molar-refractivity contribution in [2.75, 3.05) is 6.61 Å². The number of ether oxygens (including phenoxy) is 1. The molecule has 0 spiro atoms. The topological polar surface area (TPSA) is 59.0 Å². The van der Waals surface area contributed by atoms with E-state index < -0.39 is 0 Å². The number of benzene rings is 3. The number of nitrogens with zero attached hydrogens (tertiary/aromatic N) is 2. The van der Waals surface area contributed by atoms with Crippen molar-refractivity contribution < 1.29 is 9.15 Å². The molecule has 0 aliphatic heterocycles. The fourth-order valence-electron chi connectivity index (χ4n) is 2.85. The van der Waals surface area contributed by atoms with Crippen LogP contribution in [0.25, 0.3) is 34.4 Å². The van der Waals surface area contributed by atoms with Crippen molar-refractivity contribution >= 4 is 23.3 Å². The molecule has 1 aromatic heterocycles. The predicted molar refractivity (Wildman–Crippen MR) is 106 cm³/mol. The van der Waals surface area contributed by atoms with Crippen LogP contribution in [0.4, 0.5) is 0 Å². The molecule has 0 unspecified atom stereocenters. The van der Waals surface area contributed by atoms with Gasteiger partial charge in [0.15, 0.2) is 12.2 Å². The van der Waals surface area contributed by atoms with Crippen LogP contribution in [0.15, 0.2) is 77.2 Å². The number of aromatic nitrogens is 1. The van der Waals surface area contributed by atoms with Crippen LogP contribution in [0, 0.1) is 11.3 Å². The van der Waals surface area contributed by atoms with Gasteiger partial charge in [-0.25, -0.2) is 4.98 Å². The highest BCUT2D eigenvalue weighted by atomic mass is 16.5. The number of fused-ring (bicyclic) bond motifs is 1. The van der Waals surface area contributed by atoms with Crippen molar-refractivity contribution in [1.29, 1.82) is 5.26 Å². The quantitative estimate of drug-likeness (QED) is 0.471. The number of hydrogen-bond donors (Lipinski definition) is 0. The molecular weight excluding hydrogens is 336 g/mol. The first-order valence-electron chi connectivity index (χ1n) is 8.56. The zero-order valence-electron chi connectivity index (χ0n) is 14.5. The maximum Gasteiger partial charge on any atom is 0.220 e. The van der Waals surface area contributed by atoms with Gasteiger partial charge in [-0.15, -0.1) is 0 Å². The van der Waals surface area contributed by atoms with Gasteiger partial charge in [-0.2, -0.15) is 5.26 Å². The fraction of sp³-hybridized carbons (Fsp3) is 0.0435. The monoisotopic (exact) mass is 352 g/mol. The average molecular weight is 352 g/mol. The van der Waals surface area contributed by atoms with Crippen molar-refractivity contribution in [2.45, 2.75) is 0 Å². The second kappa shape index (κ2) is 7.59. The van der Waals surface area contributed by atoms with Gasteiger partial charge >= 0.3 is 0 Å². The van der Waals surface area contributed by atoms with E-state index in [-0.39, 0.29) is 6.61 Å². The van der Waals surface area contributed by atoms with E-state index in [1.54, 1.807) is 6.08 Å². The van der Waals surface area contributed by atoms with Gasteiger partial charge in [0, 0.05) is 11.6 Å². The molecule has 0 aliphatic rings. The molecule has 0 amide bonds. The van der Waals surface area contributed by atoms with E-state index in [1.165, 1.54) is 0 Å². The Morgan fingerprint density at radius 2 is 1.74 bits per heavy atom. The highest BCUT2D eigenvalue weighted by molar-refractivity contribution is 5.82. The first-order chi connectivity index (χ1) is 13.3. The molecule has 0 fully saturated rings. The second-order valence-corrected chi connectivity index (χ2v) is 5.92. The van der Waals surface area contributed by atoms with Crippen molar-refractivity contribution in [1.82, 2.24) is 4.98 Å². The third-order valence-electron chi connectivity index (χ3n) is 4.13. The molecule has 0 bridgehead atoms. The van der Waals surface area contributed by atoms with Crippen LogP contribution in [-0.4, -0.2) is 11.6 Å². The number of para-hydroxylation sites is 1. The van der Waals surface area contributed by atoms with Gasteiger partial charge in [0.25, 0.3) is 0 Å². The first-order valence-corrected chi connectivity index (χ1v) is 8.56. The van der Waals surface area contributed by atoms with Crippen molar-refractivity contribution in [3.63, 3.8) is 0 Å². The molecular formula is C23H16N2O2. The largest absolute Gasteiger partial charge is 0.478 e. The lowest BCUT2D eigenvalue weighted by Crippen LogP contribution is -1.94. The Hall–Kier alpha value is -3.84. The van der Waals surface area contributed by atoms with E-state index in [0.29, 0.717) is 11.6 Å². The molecule has 4 aromatic rings. The highest BCUT2D eigenvalue weighted by Gasteiger charge is 2.06. The molecule has 0 aliphatic carbocycles. The van der Waals surface area contributed by atoms with Crippen LogP contribution >= 0.6 is 0 Å². The van der Waals surface area contributed by atoms with Crippen molar-refractivity contribution in [3.05, 3.63) is 84.3 Å². The van der Waals surface area contributed by atoms with Crippen LogP contribution in [0.2, 0.25) is 0 Å². The summed E-state index contributed by atoms with van der Waals surface area (Å²) in [4.78, 5) is 4.56. The number of hydrogen-bond acceptors (Lipinski definition) is 4. The Kier molecular flexibility index (Phi) is 4.67. The van der Waals surface area contributed by atoms with Crippen LogP contribution < -0.4 is 4.74 Å². The SMILES string of the molecule is N#CCOc1ccccc1/C=C/c1nc2cc(-c3ccccc3)ccc2o1. The fourth-order valence-corrected chi connectivity index (χ4v) is 2.85. The summed E-state index contributed by atoms with van der Waals surface area (Å²) >= 11 is 0. The molecule has 0 atom stereocenters. The smallest absolute Gasteiger partial charge is 0.220 e. The molecule has 130 valence electrons. The van der Waals surface area contributed by atoms with Gasteiger partial charge < -0.3 is 9.15 Å².